The second-order valence-electron chi connectivity index (χ2n) is 6.99. The monoisotopic (exact) mass is 398 g/mol. The molecule has 2 N–H and O–H groups in total. The maximum absolute atomic E-state index is 12.2. The van der Waals surface area contributed by atoms with Crippen LogP contribution in [0.1, 0.15) is 34.6 Å². The number of nitrogens with zero attached hydrogens (tertiary/aromatic N) is 1. The van der Waals surface area contributed by atoms with Crippen molar-refractivity contribution in [3.05, 3.63) is 24.3 Å². The molecule has 1 aromatic rings. The Labute approximate surface area is 163 Å². The highest BCUT2D eigenvalue weighted by Crippen LogP contribution is 2.17. The zero-order valence-electron chi connectivity index (χ0n) is 16.7. The predicted molar refractivity (Wildman–Crippen MR) is 98.4 cm³/mol. The number of anilines is 1. The molecule has 0 aliphatic rings. The van der Waals surface area contributed by atoms with Crippen LogP contribution in [0.4, 0.5) is 10.5 Å². The van der Waals surface area contributed by atoms with E-state index in [1.165, 1.54) is 45.2 Å². The number of hydrogen-bond donors (Lipinski definition) is 2. The lowest BCUT2D eigenvalue weighted by molar-refractivity contribution is -0.215. The molecule has 10 nitrogen and oxygen atoms in total. The van der Waals surface area contributed by atoms with Crippen molar-refractivity contribution in [2.24, 2.45) is 0 Å². The van der Waals surface area contributed by atoms with E-state index in [1.807, 2.05) is 0 Å². The van der Waals surface area contributed by atoms with Gasteiger partial charge in [0.2, 0.25) is 0 Å². The third-order valence-corrected chi connectivity index (χ3v) is 3.46. The van der Waals surface area contributed by atoms with E-state index in [4.69, 9.17) is 19.5 Å². The number of hydrogen-bond acceptors (Lipinski definition) is 9. The summed E-state index contributed by atoms with van der Waals surface area (Å²) in [5.41, 5.74) is 1.91. The minimum absolute atomic E-state index is 0.211. The van der Waals surface area contributed by atoms with Gasteiger partial charge in [-0.3, -0.25) is 4.90 Å². The van der Waals surface area contributed by atoms with Crippen molar-refractivity contribution in [3.8, 4) is 5.75 Å². The normalized spacial score (nSPS) is 13.1. The second kappa shape index (κ2) is 9.90. The van der Waals surface area contributed by atoms with Crippen molar-refractivity contribution < 1.29 is 38.8 Å². The summed E-state index contributed by atoms with van der Waals surface area (Å²) in [4.78, 5) is 41.1. The molecular weight excluding hydrogens is 372 g/mol. The number of amides is 1. The van der Waals surface area contributed by atoms with Gasteiger partial charge in [-0.25, -0.2) is 25.1 Å². The molecule has 2 unspecified atom stereocenters. The first kappa shape index (κ1) is 23.2. The molecule has 0 spiro atoms. The highest BCUT2D eigenvalue weighted by Gasteiger charge is 2.30. The van der Waals surface area contributed by atoms with Gasteiger partial charge in [0.15, 0.2) is 6.10 Å². The first-order chi connectivity index (χ1) is 12.9. The number of nitrogens with one attached hydrogen (secondary N) is 1. The Morgan fingerprint density at radius 3 is 2.14 bits per heavy atom. The van der Waals surface area contributed by atoms with Crippen LogP contribution in [0.3, 0.4) is 0 Å². The smallest absolute Gasteiger partial charge is 0.415 e. The van der Waals surface area contributed by atoms with Gasteiger partial charge >= 0.3 is 18.0 Å². The van der Waals surface area contributed by atoms with Crippen LogP contribution < -0.4 is 10.2 Å². The van der Waals surface area contributed by atoms with E-state index in [0.717, 1.165) is 4.90 Å². The molecule has 0 saturated heterocycles. The van der Waals surface area contributed by atoms with Crippen molar-refractivity contribution in [1.82, 2.24) is 4.90 Å². The Morgan fingerprint density at radius 1 is 1.07 bits per heavy atom. The van der Waals surface area contributed by atoms with Gasteiger partial charge in [0.1, 0.15) is 17.4 Å². The maximum atomic E-state index is 12.2. The van der Waals surface area contributed by atoms with Crippen LogP contribution >= 0.6 is 0 Å². The molecule has 10 heteroatoms. The Kier molecular flexibility index (Phi) is 8.20. The van der Waals surface area contributed by atoms with E-state index in [9.17, 15) is 14.4 Å². The van der Waals surface area contributed by atoms with E-state index < -0.39 is 35.8 Å². The predicted octanol–water partition coefficient (Wildman–Crippen LogP) is 2.60. The van der Waals surface area contributed by atoms with Crippen molar-refractivity contribution >= 4 is 23.7 Å². The summed E-state index contributed by atoms with van der Waals surface area (Å²) in [5, 5.41) is 8.30. The largest absolute Gasteiger partial charge is 0.457 e. The molecule has 0 heterocycles. The third kappa shape index (κ3) is 7.41. The maximum Gasteiger partial charge on any atom is 0.415 e. The fourth-order valence-electron chi connectivity index (χ4n) is 1.84. The van der Waals surface area contributed by atoms with Crippen LogP contribution in [0.2, 0.25) is 0 Å². The Balaban J connectivity index is 2.61. The zero-order valence-corrected chi connectivity index (χ0v) is 16.7. The first-order valence-corrected chi connectivity index (χ1v) is 8.49. The molecule has 0 fully saturated rings. The molecule has 0 aromatic heterocycles. The van der Waals surface area contributed by atoms with Crippen LogP contribution in [0.5, 0.6) is 5.75 Å². The topological polar surface area (TPSA) is 124 Å². The molecule has 156 valence electrons. The van der Waals surface area contributed by atoms with Gasteiger partial charge in [-0.2, -0.15) is 0 Å². The van der Waals surface area contributed by atoms with Gasteiger partial charge in [-0.1, -0.05) is 0 Å². The number of likely N-dealkylation sites (N-methyl/N-ethyl adjacent to an activating group) is 1. The number of benzene rings is 1. The number of ether oxygens (including phenoxy) is 3. The molecular formula is C18H26N2O8. The van der Waals surface area contributed by atoms with E-state index >= 15 is 0 Å². The van der Waals surface area contributed by atoms with Crippen molar-refractivity contribution in [3.63, 3.8) is 0 Å². The summed E-state index contributed by atoms with van der Waals surface area (Å²) in [6, 6.07) is 4.92. The van der Waals surface area contributed by atoms with Gasteiger partial charge < -0.3 is 14.2 Å². The number of rotatable bonds is 7. The van der Waals surface area contributed by atoms with Crippen LogP contribution in [-0.4, -0.2) is 53.0 Å². The van der Waals surface area contributed by atoms with E-state index in [0.29, 0.717) is 5.69 Å². The number of esters is 2. The molecule has 0 aliphatic carbocycles. The quantitative estimate of drug-likeness (QED) is 0.405. The fraction of sp³-hybridized carbons (Fsp3) is 0.500. The van der Waals surface area contributed by atoms with Crippen LogP contribution in [0.25, 0.3) is 0 Å². The zero-order chi connectivity index (χ0) is 21.5. The highest BCUT2D eigenvalue weighted by molar-refractivity contribution is 5.84. The molecule has 0 aliphatic heterocycles. The SMILES string of the molecule is CC(OC(=O)C(C)N(C)C(=O)Oc1ccc(NOO)cc1)C(=O)OC(C)(C)C. The molecule has 1 amide bonds. The van der Waals surface area contributed by atoms with E-state index in [1.54, 1.807) is 20.8 Å². The molecule has 1 aromatic carbocycles. The minimum Gasteiger partial charge on any atom is -0.457 e. The molecule has 2 atom stereocenters. The molecule has 0 bridgehead atoms. The van der Waals surface area contributed by atoms with Gasteiger partial charge in [0, 0.05) is 7.05 Å². The van der Waals surface area contributed by atoms with Crippen LogP contribution in [0.15, 0.2) is 24.3 Å². The first-order valence-electron chi connectivity index (χ1n) is 8.49. The summed E-state index contributed by atoms with van der Waals surface area (Å²) in [7, 11) is 1.36. The van der Waals surface area contributed by atoms with Gasteiger partial charge in [0.25, 0.3) is 0 Å². The second-order valence-corrected chi connectivity index (χ2v) is 6.99. The summed E-state index contributed by atoms with van der Waals surface area (Å²) in [5.74, 6) is -1.25. The van der Waals surface area contributed by atoms with Gasteiger partial charge in [-0.15, -0.1) is 4.99 Å². The van der Waals surface area contributed by atoms with Gasteiger partial charge in [-0.05, 0) is 58.9 Å². The van der Waals surface area contributed by atoms with Crippen molar-refractivity contribution in [1.29, 1.82) is 0 Å². The Morgan fingerprint density at radius 2 is 1.64 bits per heavy atom. The Hall–Kier alpha value is -2.85. The summed E-state index contributed by atoms with van der Waals surface area (Å²) < 4.78 is 15.4. The van der Waals surface area contributed by atoms with Crippen molar-refractivity contribution in [2.45, 2.75) is 52.4 Å². The number of carbonyl (C=O) groups excluding carboxylic acids is 3. The third-order valence-electron chi connectivity index (χ3n) is 3.46. The Bertz CT molecular complexity index is 684. The van der Waals surface area contributed by atoms with Crippen molar-refractivity contribution in [2.75, 3.05) is 12.5 Å². The standard InChI is InChI=1S/C18H26N2O8/c1-11(15(21)25-12(2)16(22)27-18(3,4)5)20(6)17(23)26-14-9-7-13(8-10-14)19-28-24/h7-12,19,24H,1-6H3. The molecule has 1 rings (SSSR count). The lowest BCUT2D eigenvalue weighted by Gasteiger charge is -2.25. The van der Waals surface area contributed by atoms with Crippen LogP contribution in [-0.2, 0) is 24.1 Å². The number of carbonyl (C=O) groups is 3. The lowest BCUT2D eigenvalue weighted by atomic mass is 10.2. The summed E-state index contributed by atoms with van der Waals surface area (Å²) >= 11 is 0. The average Bonchev–Trinajstić information content (AvgIpc) is 2.60. The average molecular weight is 398 g/mol. The van der Waals surface area contributed by atoms with E-state index in [-0.39, 0.29) is 5.75 Å². The minimum atomic E-state index is -1.12. The lowest BCUT2D eigenvalue weighted by Crippen LogP contribution is -2.44. The fourth-order valence-corrected chi connectivity index (χ4v) is 1.84. The highest BCUT2D eigenvalue weighted by atomic mass is 17.2. The van der Waals surface area contributed by atoms with Gasteiger partial charge in [0.05, 0.1) is 5.69 Å². The molecule has 0 saturated carbocycles. The van der Waals surface area contributed by atoms with E-state index in [2.05, 4.69) is 10.5 Å². The summed E-state index contributed by atoms with van der Waals surface area (Å²) in [6.07, 6.45) is -1.92. The molecule has 28 heavy (non-hydrogen) atoms. The van der Waals surface area contributed by atoms with Crippen LogP contribution in [0, 0.1) is 0 Å². The molecule has 0 radical (unpaired) electrons. The summed E-state index contributed by atoms with van der Waals surface area (Å²) in [6.45, 7) is 7.93.